The average molecular weight is 461 g/mol. The van der Waals surface area contributed by atoms with Crippen molar-refractivity contribution in [2.75, 3.05) is 17.6 Å². The van der Waals surface area contributed by atoms with Crippen LogP contribution in [0, 0.1) is 0 Å². The molecule has 1 atom stereocenters. The number of carbonyl (C=O) groups excluding carboxylic acids is 1. The smallest absolute Gasteiger partial charge is 0.368 e. The number of hydrogen-bond donors (Lipinski definition) is 1. The summed E-state index contributed by atoms with van der Waals surface area (Å²) >= 11 is 0. The molecule has 0 aliphatic carbocycles. The third-order valence-electron chi connectivity index (χ3n) is 4.65. The molecule has 0 saturated heterocycles. The van der Waals surface area contributed by atoms with Crippen molar-refractivity contribution in [1.29, 1.82) is 0 Å². The number of Topliss-reactive ketones (excluding diaryl/α,β-unsaturated/α-hetero) is 1. The summed E-state index contributed by atoms with van der Waals surface area (Å²) < 4.78 is 86.0. The summed E-state index contributed by atoms with van der Waals surface area (Å²) in [6.45, 7) is 1.11. The van der Waals surface area contributed by atoms with Crippen LogP contribution < -0.4 is 5.32 Å². The first-order valence-electron chi connectivity index (χ1n) is 8.93. The first kappa shape index (κ1) is 22.8. The SMILES string of the molecule is CC1N=Cc2c(-c3ccc(C(F)(F)F)cc3)cnc(NCCS(=O)(=O)C(F)F)c2C1=O. The second-order valence-electron chi connectivity index (χ2n) is 6.76. The third kappa shape index (κ3) is 4.73. The number of sulfone groups is 1. The number of rotatable bonds is 6. The van der Waals surface area contributed by atoms with Crippen molar-refractivity contribution in [3.8, 4) is 11.1 Å². The highest BCUT2D eigenvalue weighted by atomic mass is 32.2. The number of anilines is 1. The molecule has 6 nitrogen and oxygen atoms in total. The number of benzene rings is 1. The summed E-state index contributed by atoms with van der Waals surface area (Å²) in [6.07, 6.45) is -1.83. The lowest BCUT2D eigenvalue weighted by Gasteiger charge is -2.21. The number of halogens is 5. The Hall–Kier alpha value is -2.89. The molecule has 0 radical (unpaired) electrons. The van der Waals surface area contributed by atoms with Crippen LogP contribution in [-0.4, -0.2) is 49.5 Å². The zero-order valence-electron chi connectivity index (χ0n) is 16.0. The minimum absolute atomic E-state index is 0.0156. The van der Waals surface area contributed by atoms with Gasteiger partial charge in [0.25, 0.3) is 0 Å². The fourth-order valence-corrected chi connectivity index (χ4v) is 3.54. The van der Waals surface area contributed by atoms with E-state index in [4.69, 9.17) is 0 Å². The molecule has 1 aromatic heterocycles. The number of nitrogens with zero attached hydrogens (tertiary/aromatic N) is 2. The Kier molecular flexibility index (Phi) is 6.12. The predicted octanol–water partition coefficient (Wildman–Crippen LogP) is 3.82. The van der Waals surface area contributed by atoms with Crippen molar-refractivity contribution in [2.24, 2.45) is 4.99 Å². The van der Waals surface area contributed by atoms with Gasteiger partial charge in [-0.15, -0.1) is 0 Å². The molecule has 2 aromatic rings. The Bertz CT molecular complexity index is 1130. The maximum absolute atomic E-state index is 12.8. The van der Waals surface area contributed by atoms with Gasteiger partial charge in [0.15, 0.2) is 5.78 Å². The number of carbonyl (C=O) groups is 1. The van der Waals surface area contributed by atoms with Gasteiger partial charge >= 0.3 is 11.9 Å². The Morgan fingerprint density at radius 3 is 2.39 bits per heavy atom. The van der Waals surface area contributed by atoms with Crippen LogP contribution in [0.4, 0.5) is 27.8 Å². The number of pyridine rings is 1. The molecule has 12 heteroatoms. The summed E-state index contributed by atoms with van der Waals surface area (Å²) in [5.74, 6) is -4.86. The first-order valence-corrected chi connectivity index (χ1v) is 10.6. The van der Waals surface area contributed by atoms with Gasteiger partial charge < -0.3 is 5.32 Å². The molecular weight excluding hydrogens is 445 g/mol. The van der Waals surface area contributed by atoms with Crippen LogP contribution in [-0.2, 0) is 16.0 Å². The van der Waals surface area contributed by atoms with Crippen LogP contribution >= 0.6 is 0 Å². The Morgan fingerprint density at radius 1 is 1.16 bits per heavy atom. The van der Waals surface area contributed by atoms with Crippen molar-refractivity contribution in [3.63, 3.8) is 0 Å². The second kappa shape index (κ2) is 8.33. The van der Waals surface area contributed by atoms with Gasteiger partial charge in [-0.25, -0.2) is 13.4 Å². The summed E-state index contributed by atoms with van der Waals surface area (Å²) in [6, 6.07) is 3.50. The zero-order valence-corrected chi connectivity index (χ0v) is 16.8. The van der Waals surface area contributed by atoms with E-state index >= 15 is 0 Å². The van der Waals surface area contributed by atoms with Crippen LogP contribution in [0.2, 0.25) is 0 Å². The molecule has 1 aromatic carbocycles. The molecule has 1 aliphatic heterocycles. The van der Waals surface area contributed by atoms with E-state index in [2.05, 4.69) is 15.3 Å². The highest BCUT2D eigenvalue weighted by Crippen LogP contribution is 2.34. The van der Waals surface area contributed by atoms with E-state index in [1.807, 2.05) is 0 Å². The highest BCUT2D eigenvalue weighted by Gasteiger charge is 2.31. The van der Waals surface area contributed by atoms with E-state index < -0.39 is 51.5 Å². The predicted molar refractivity (Wildman–Crippen MR) is 104 cm³/mol. The molecular formula is C19H16F5N3O3S. The van der Waals surface area contributed by atoms with Gasteiger partial charge in [0.05, 0.1) is 16.9 Å². The molecule has 1 unspecified atom stereocenters. The van der Waals surface area contributed by atoms with E-state index in [1.165, 1.54) is 31.5 Å². The molecule has 0 saturated carbocycles. The molecule has 0 amide bonds. The highest BCUT2D eigenvalue weighted by molar-refractivity contribution is 7.91. The first-order chi connectivity index (χ1) is 14.4. The molecule has 1 aliphatic rings. The molecule has 31 heavy (non-hydrogen) atoms. The van der Waals surface area contributed by atoms with Gasteiger partial charge in [-0.05, 0) is 24.6 Å². The topological polar surface area (TPSA) is 88.5 Å². The number of aliphatic imine (C=N–C) groups is 1. The largest absolute Gasteiger partial charge is 0.416 e. The normalized spacial score (nSPS) is 16.5. The maximum Gasteiger partial charge on any atom is 0.416 e. The van der Waals surface area contributed by atoms with Crippen molar-refractivity contribution in [3.05, 3.63) is 47.2 Å². The van der Waals surface area contributed by atoms with E-state index in [1.54, 1.807) is 0 Å². The van der Waals surface area contributed by atoms with Crippen molar-refractivity contribution >= 4 is 27.7 Å². The number of alkyl halides is 5. The van der Waals surface area contributed by atoms with Crippen LogP contribution in [0.25, 0.3) is 11.1 Å². The number of nitrogens with one attached hydrogen (secondary N) is 1. The van der Waals surface area contributed by atoms with E-state index in [0.29, 0.717) is 11.1 Å². The van der Waals surface area contributed by atoms with Crippen molar-refractivity contribution < 1.29 is 35.2 Å². The standard InChI is InChI=1S/C19H16F5N3O3S/c1-10-16(28)15-14(9-26-10)13(11-2-4-12(5-3-11)19(22,23)24)8-27-17(15)25-6-7-31(29,30)18(20)21/h2-5,8-10,18H,6-7H2,1H3,(H,25,27). The minimum Gasteiger partial charge on any atom is -0.368 e. The van der Waals surface area contributed by atoms with Gasteiger partial charge in [-0.3, -0.25) is 9.79 Å². The Morgan fingerprint density at radius 2 is 1.81 bits per heavy atom. The fourth-order valence-electron chi connectivity index (χ4n) is 2.98. The summed E-state index contributed by atoms with van der Waals surface area (Å²) in [7, 11) is -4.61. The number of fused-ring (bicyclic) bond motifs is 1. The van der Waals surface area contributed by atoms with E-state index in [0.717, 1.165) is 12.1 Å². The zero-order chi connectivity index (χ0) is 23.0. The fraction of sp³-hybridized carbons (Fsp3) is 0.316. The average Bonchev–Trinajstić information content (AvgIpc) is 2.70. The van der Waals surface area contributed by atoms with Gasteiger partial charge in [-0.2, -0.15) is 22.0 Å². The van der Waals surface area contributed by atoms with Crippen LogP contribution in [0.3, 0.4) is 0 Å². The molecule has 3 rings (SSSR count). The molecule has 0 fully saturated rings. The van der Waals surface area contributed by atoms with Crippen LogP contribution in [0.1, 0.15) is 28.4 Å². The third-order valence-corrected chi connectivity index (χ3v) is 5.96. The van der Waals surface area contributed by atoms with Gasteiger partial charge in [-0.1, -0.05) is 12.1 Å². The van der Waals surface area contributed by atoms with Gasteiger partial charge in [0.1, 0.15) is 11.9 Å². The molecule has 0 spiro atoms. The van der Waals surface area contributed by atoms with Crippen molar-refractivity contribution in [2.45, 2.75) is 24.9 Å². The Labute approximate surface area is 174 Å². The molecule has 0 bridgehead atoms. The maximum atomic E-state index is 12.8. The molecule has 1 N–H and O–H groups in total. The lowest BCUT2D eigenvalue weighted by atomic mass is 9.91. The van der Waals surface area contributed by atoms with Crippen LogP contribution in [0.5, 0.6) is 0 Å². The summed E-state index contributed by atoms with van der Waals surface area (Å²) in [5.41, 5.74) is 0.220. The number of aromatic nitrogens is 1. The minimum atomic E-state index is -4.61. The van der Waals surface area contributed by atoms with Crippen LogP contribution in [0.15, 0.2) is 35.5 Å². The van der Waals surface area contributed by atoms with Gasteiger partial charge in [0.2, 0.25) is 9.84 Å². The monoisotopic (exact) mass is 461 g/mol. The van der Waals surface area contributed by atoms with E-state index in [-0.39, 0.29) is 16.9 Å². The summed E-state index contributed by atoms with van der Waals surface area (Å²) in [4.78, 5) is 20.9. The molecule has 2 heterocycles. The van der Waals surface area contributed by atoms with Crippen molar-refractivity contribution in [1.82, 2.24) is 4.98 Å². The Balaban J connectivity index is 1.98. The number of ketones is 1. The van der Waals surface area contributed by atoms with Gasteiger partial charge in [0, 0.05) is 30.1 Å². The van der Waals surface area contributed by atoms with E-state index in [9.17, 15) is 35.2 Å². The second-order valence-corrected chi connectivity index (χ2v) is 8.85. The molecule has 166 valence electrons. The lowest BCUT2D eigenvalue weighted by molar-refractivity contribution is -0.137. The lowest BCUT2D eigenvalue weighted by Crippen LogP contribution is -2.26. The quantitative estimate of drug-likeness (QED) is 0.661. The summed E-state index contributed by atoms with van der Waals surface area (Å²) in [5, 5.41) is 2.59. The number of hydrogen-bond acceptors (Lipinski definition) is 6.